The molecule has 0 radical (unpaired) electrons. The van der Waals surface area contributed by atoms with E-state index in [1.54, 1.807) is 0 Å². The van der Waals surface area contributed by atoms with E-state index in [2.05, 4.69) is 31.0 Å². The molecule has 0 amide bonds. The minimum atomic E-state index is 0.166. The standard InChI is InChI=1S/C10H12N6/c1-2-8-14-6-4-11-9(14)15-7-5-12-10(15)16(8)13-3-1/h1-3,8H,4-7H2. The monoisotopic (exact) mass is 216 g/mol. The van der Waals surface area contributed by atoms with Crippen molar-refractivity contribution >= 4 is 18.1 Å². The van der Waals surface area contributed by atoms with E-state index in [0.29, 0.717) is 0 Å². The van der Waals surface area contributed by atoms with Gasteiger partial charge >= 0.3 is 0 Å². The van der Waals surface area contributed by atoms with Crippen molar-refractivity contribution < 1.29 is 0 Å². The number of fused-ring (bicyclic) bond motifs is 6. The maximum atomic E-state index is 4.57. The Morgan fingerprint density at radius 3 is 3.00 bits per heavy atom. The largest absolute Gasteiger partial charge is 0.315 e. The van der Waals surface area contributed by atoms with Crippen LogP contribution in [0.15, 0.2) is 27.2 Å². The van der Waals surface area contributed by atoms with Crippen LogP contribution in [0.1, 0.15) is 0 Å². The summed E-state index contributed by atoms with van der Waals surface area (Å²) in [5, 5.41) is 6.39. The summed E-state index contributed by atoms with van der Waals surface area (Å²) in [4.78, 5) is 13.5. The Bertz CT molecular complexity index is 448. The maximum absolute atomic E-state index is 4.57. The van der Waals surface area contributed by atoms with Crippen LogP contribution in [0.4, 0.5) is 0 Å². The van der Waals surface area contributed by atoms with Crippen molar-refractivity contribution in [2.75, 3.05) is 26.2 Å². The smallest absolute Gasteiger partial charge is 0.226 e. The molecular formula is C10H12N6. The zero-order valence-corrected chi connectivity index (χ0v) is 8.82. The van der Waals surface area contributed by atoms with Gasteiger partial charge in [0.05, 0.1) is 13.1 Å². The van der Waals surface area contributed by atoms with Crippen molar-refractivity contribution in [3.8, 4) is 0 Å². The van der Waals surface area contributed by atoms with Crippen LogP contribution in [0.3, 0.4) is 0 Å². The number of aliphatic imine (C=N–C) groups is 2. The van der Waals surface area contributed by atoms with Crippen molar-refractivity contribution in [2.45, 2.75) is 6.17 Å². The fourth-order valence-electron chi connectivity index (χ4n) is 2.58. The van der Waals surface area contributed by atoms with Crippen molar-refractivity contribution in [1.82, 2.24) is 14.8 Å². The molecule has 4 aliphatic heterocycles. The van der Waals surface area contributed by atoms with Gasteiger partial charge in [-0.2, -0.15) is 5.10 Å². The Morgan fingerprint density at radius 1 is 1.12 bits per heavy atom. The number of hydrazone groups is 1. The fraction of sp³-hybridized carbons (Fsp3) is 0.500. The van der Waals surface area contributed by atoms with Gasteiger partial charge in [0.15, 0.2) is 0 Å². The Kier molecular flexibility index (Phi) is 1.48. The molecule has 1 unspecified atom stereocenters. The lowest BCUT2D eigenvalue weighted by atomic mass is 10.3. The van der Waals surface area contributed by atoms with E-state index < -0.39 is 0 Å². The molecule has 0 N–H and O–H groups in total. The number of rotatable bonds is 0. The van der Waals surface area contributed by atoms with Gasteiger partial charge in [-0.15, -0.1) is 0 Å². The first-order valence-electron chi connectivity index (χ1n) is 5.58. The first-order valence-corrected chi connectivity index (χ1v) is 5.58. The lowest BCUT2D eigenvalue weighted by molar-refractivity contribution is 0.168. The van der Waals surface area contributed by atoms with Crippen molar-refractivity contribution in [3.63, 3.8) is 0 Å². The molecule has 82 valence electrons. The minimum absolute atomic E-state index is 0.166. The van der Waals surface area contributed by atoms with Gasteiger partial charge in [0.25, 0.3) is 0 Å². The molecule has 1 atom stereocenters. The molecule has 0 aliphatic carbocycles. The molecule has 0 aromatic carbocycles. The summed E-state index contributed by atoms with van der Waals surface area (Å²) in [7, 11) is 0. The highest BCUT2D eigenvalue weighted by Crippen LogP contribution is 2.26. The minimum Gasteiger partial charge on any atom is -0.315 e. The maximum Gasteiger partial charge on any atom is 0.226 e. The third kappa shape index (κ3) is 0.892. The van der Waals surface area contributed by atoms with E-state index in [1.165, 1.54) is 0 Å². The molecule has 0 aromatic heterocycles. The van der Waals surface area contributed by atoms with Crippen LogP contribution in [0.5, 0.6) is 0 Å². The topological polar surface area (TPSA) is 46.8 Å². The van der Waals surface area contributed by atoms with Gasteiger partial charge in [-0.1, -0.05) is 0 Å². The van der Waals surface area contributed by atoms with E-state index in [9.17, 15) is 0 Å². The molecule has 0 aromatic rings. The second-order valence-corrected chi connectivity index (χ2v) is 4.12. The lowest BCUT2D eigenvalue weighted by Gasteiger charge is -2.45. The predicted molar refractivity (Wildman–Crippen MR) is 61.3 cm³/mol. The average molecular weight is 216 g/mol. The van der Waals surface area contributed by atoms with Crippen LogP contribution in [0.25, 0.3) is 0 Å². The third-order valence-corrected chi connectivity index (χ3v) is 3.25. The molecule has 1 fully saturated rings. The van der Waals surface area contributed by atoms with Crippen molar-refractivity contribution in [2.24, 2.45) is 15.1 Å². The molecule has 4 rings (SSSR count). The van der Waals surface area contributed by atoms with Crippen LogP contribution < -0.4 is 0 Å². The fourth-order valence-corrected chi connectivity index (χ4v) is 2.58. The number of nitrogens with zero attached hydrogens (tertiary/aromatic N) is 6. The summed E-state index contributed by atoms with van der Waals surface area (Å²) in [6.45, 7) is 3.61. The van der Waals surface area contributed by atoms with Crippen LogP contribution in [0, 0.1) is 0 Å². The highest BCUT2D eigenvalue weighted by Gasteiger charge is 2.43. The molecule has 4 aliphatic rings. The molecule has 16 heavy (non-hydrogen) atoms. The average Bonchev–Trinajstić information content (AvgIpc) is 2.98. The lowest BCUT2D eigenvalue weighted by Crippen LogP contribution is -2.63. The van der Waals surface area contributed by atoms with Gasteiger partial charge in [-0.3, -0.25) is 9.89 Å². The summed E-state index contributed by atoms with van der Waals surface area (Å²) in [5.41, 5.74) is 0. The third-order valence-electron chi connectivity index (χ3n) is 3.25. The number of hydrogen-bond donors (Lipinski definition) is 0. The highest BCUT2D eigenvalue weighted by molar-refractivity contribution is 6.03. The summed E-state index contributed by atoms with van der Waals surface area (Å²) in [5.74, 6) is 2.02. The quantitative estimate of drug-likeness (QED) is 0.550. The van der Waals surface area contributed by atoms with E-state index in [0.717, 1.165) is 38.1 Å². The normalized spacial score (nSPS) is 30.0. The highest BCUT2D eigenvalue weighted by atomic mass is 15.7. The Morgan fingerprint density at radius 2 is 2.00 bits per heavy atom. The van der Waals surface area contributed by atoms with Crippen molar-refractivity contribution in [3.05, 3.63) is 12.2 Å². The predicted octanol–water partition coefficient (Wildman–Crippen LogP) is -0.473. The van der Waals surface area contributed by atoms with Crippen LogP contribution in [0.2, 0.25) is 0 Å². The molecule has 4 heterocycles. The summed E-state index contributed by atoms with van der Waals surface area (Å²) >= 11 is 0. The van der Waals surface area contributed by atoms with Gasteiger partial charge < -0.3 is 4.90 Å². The van der Waals surface area contributed by atoms with Crippen LogP contribution >= 0.6 is 0 Å². The second kappa shape index (κ2) is 2.84. The summed E-state index contributed by atoms with van der Waals surface area (Å²) < 4.78 is 0. The Labute approximate surface area is 93.2 Å². The van der Waals surface area contributed by atoms with Gasteiger partial charge in [0, 0.05) is 19.3 Å². The summed E-state index contributed by atoms with van der Waals surface area (Å²) in [6.07, 6.45) is 6.11. The van der Waals surface area contributed by atoms with Gasteiger partial charge in [0.1, 0.15) is 6.17 Å². The Hall–Kier alpha value is -1.85. The van der Waals surface area contributed by atoms with Crippen LogP contribution in [-0.2, 0) is 0 Å². The SMILES string of the molecule is C1=CC2N3CCN=C3N3CCN=C3N2N=C1. The first-order chi connectivity index (χ1) is 7.95. The zero-order chi connectivity index (χ0) is 10.5. The zero-order valence-electron chi connectivity index (χ0n) is 8.82. The van der Waals surface area contributed by atoms with E-state index in [-0.39, 0.29) is 6.17 Å². The van der Waals surface area contributed by atoms with Gasteiger partial charge in [-0.25, -0.2) is 10.0 Å². The summed E-state index contributed by atoms with van der Waals surface area (Å²) in [6, 6.07) is 0. The molecule has 0 saturated carbocycles. The van der Waals surface area contributed by atoms with Crippen molar-refractivity contribution in [1.29, 1.82) is 0 Å². The van der Waals surface area contributed by atoms with Gasteiger partial charge in [-0.05, 0) is 12.2 Å². The Balaban J connectivity index is 1.83. The second-order valence-electron chi connectivity index (χ2n) is 4.12. The molecular weight excluding hydrogens is 204 g/mol. The van der Waals surface area contributed by atoms with Crippen LogP contribution in [-0.4, -0.2) is 65.3 Å². The van der Waals surface area contributed by atoms with E-state index in [1.807, 2.05) is 17.3 Å². The number of hydrogen-bond acceptors (Lipinski definition) is 6. The molecule has 6 heteroatoms. The van der Waals surface area contributed by atoms with E-state index >= 15 is 0 Å². The number of allylic oxidation sites excluding steroid dienone is 1. The van der Waals surface area contributed by atoms with E-state index in [4.69, 9.17) is 0 Å². The number of guanidine groups is 2. The molecule has 6 nitrogen and oxygen atoms in total. The molecule has 0 bridgehead atoms. The molecule has 0 spiro atoms. The first kappa shape index (κ1) is 8.32. The van der Waals surface area contributed by atoms with Gasteiger partial charge in [0.2, 0.25) is 11.9 Å². The molecule has 1 saturated heterocycles.